The second kappa shape index (κ2) is 6.48. The Morgan fingerprint density at radius 1 is 1.25 bits per heavy atom. The highest BCUT2D eigenvalue weighted by Crippen LogP contribution is 2.11. The normalized spacial score (nSPS) is 13.1. The fraction of sp³-hybridized carbons (Fsp3) is 0.818. The molecule has 0 aromatic carbocycles. The largest absolute Gasteiger partial charge is 0.392 e. The van der Waals surface area contributed by atoms with Crippen molar-refractivity contribution < 1.29 is 14.7 Å². The van der Waals surface area contributed by atoms with Crippen LogP contribution in [0.5, 0.6) is 0 Å². The van der Waals surface area contributed by atoms with E-state index in [2.05, 4.69) is 10.6 Å². The lowest BCUT2D eigenvalue weighted by atomic mass is 9.96. The van der Waals surface area contributed by atoms with Crippen LogP contribution >= 0.6 is 0 Å². The summed E-state index contributed by atoms with van der Waals surface area (Å²) in [7, 11) is 0. The van der Waals surface area contributed by atoms with Gasteiger partial charge in [0.05, 0.1) is 6.10 Å². The van der Waals surface area contributed by atoms with Gasteiger partial charge in [-0.1, -0.05) is 20.8 Å². The molecule has 0 radical (unpaired) electrons. The van der Waals surface area contributed by atoms with Gasteiger partial charge in [0.1, 0.15) is 0 Å². The highest BCUT2D eigenvalue weighted by atomic mass is 16.3. The molecular weight excluding hydrogens is 208 g/mol. The Balaban J connectivity index is 3.67. The molecule has 0 aliphatic carbocycles. The number of rotatable bonds is 5. The van der Waals surface area contributed by atoms with E-state index in [-0.39, 0.29) is 24.8 Å². The van der Waals surface area contributed by atoms with E-state index in [0.717, 1.165) is 0 Å². The first kappa shape index (κ1) is 14.9. The van der Waals surface area contributed by atoms with Crippen molar-refractivity contribution in [3.8, 4) is 0 Å². The monoisotopic (exact) mass is 230 g/mol. The third-order valence-corrected chi connectivity index (χ3v) is 1.91. The number of hydrogen-bond acceptors (Lipinski definition) is 3. The van der Waals surface area contributed by atoms with Crippen LogP contribution in [0.4, 0.5) is 0 Å². The minimum absolute atomic E-state index is 0.0733. The Bertz CT molecular complexity index is 244. The molecule has 5 heteroatoms. The van der Waals surface area contributed by atoms with Gasteiger partial charge < -0.3 is 15.7 Å². The number of amides is 2. The summed E-state index contributed by atoms with van der Waals surface area (Å²) in [5.74, 6) is -0.245. The summed E-state index contributed by atoms with van der Waals surface area (Å²) >= 11 is 0. The van der Waals surface area contributed by atoms with Gasteiger partial charge in [-0.2, -0.15) is 0 Å². The summed E-state index contributed by atoms with van der Waals surface area (Å²) in [6, 6.07) is 0. The minimum Gasteiger partial charge on any atom is -0.392 e. The van der Waals surface area contributed by atoms with Crippen molar-refractivity contribution in [2.45, 2.75) is 40.2 Å². The van der Waals surface area contributed by atoms with Crippen molar-refractivity contribution in [3.63, 3.8) is 0 Å². The number of nitrogens with one attached hydrogen (secondary N) is 2. The van der Waals surface area contributed by atoms with Gasteiger partial charge in [0, 0.05) is 24.9 Å². The Labute approximate surface area is 96.6 Å². The molecule has 0 aliphatic heterocycles. The summed E-state index contributed by atoms with van der Waals surface area (Å²) in [4.78, 5) is 22.6. The molecule has 0 saturated heterocycles. The van der Waals surface area contributed by atoms with Crippen LogP contribution in [-0.4, -0.2) is 36.1 Å². The SMILES string of the molecule is CC(O)CNC(=O)CCNC(=O)C(C)(C)C. The van der Waals surface area contributed by atoms with Gasteiger partial charge in [0.15, 0.2) is 0 Å². The lowest BCUT2D eigenvalue weighted by molar-refractivity contribution is -0.128. The van der Waals surface area contributed by atoms with Gasteiger partial charge in [-0.05, 0) is 6.92 Å². The summed E-state index contributed by atoms with van der Waals surface area (Å²) in [6.07, 6.45) is -0.317. The summed E-state index contributed by atoms with van der Waals surface area (Å²) in [5, 5.41) is 14.2. The molecule has 0 aromatic heterocycles. The lowest BCUT2D eigenvalue weighted by Gasteiger charge is -2.17. The maximum atomic E-state index is 11.4. The third kappa shape index (κ3) is 7.23. The molecular formula is C11H22N2O3. The predicted molar refractivity (Wildman–Crippen MR) is 61.8 cm³/mol. The van der Waals surface area contributed by atoms with Gasteiger partial charge in [0.25, 0.3) is 0 Å². The van der Waals surface area contributed by atoms with Crippen molar-refractivity contribution in [1.82, 2.24) is 10.6 Å². The van der Waals surface area contributed by atoms with Gasteiger partial charge in [-0.15, -0.1) is 0 Å². The lowest BCUT2D eigenvalue weighted by Crippen LogP contribution is -2.38. The Morgan fingerprint density at radius 3 is 2.25 bits per heavy atom. The van der Waals surface area contributed by atoms with E-state index in [9.17, 15) is 9.59 Å². The fourth-order valence-corrected chi connectivity index (χ4v) is 0.905. The van der Waals surface area contributed by atoms with Crippen molar-refractivity contribution in [2.75, 3.05) is 13.1 Å². The average molecular weight is 230 g/mol. The zero-order valence-electron chi connectivity index (χ0n) is 10.5. The van der Waals surface area contributed by atoms with E-state index in [0.29, 0.717) is 6.54 Å². The zero-order chi connectivity index (χ0) is 12.8. The van der Waals surface area contributed by atoms with Crippen LogP contribution < -0.4 is 10.6 Å². The maximum Gasteiger partial charge on any atom is 0.225 e. The average Bonchev–Trinajstić information content (AvgIpc) is 2.13. The van der Waals surface area contributed by atoms with E-state index in [4.69, 9.17) is 5.11 Å². The molecule has 5 nitrogen and oxygen atoms in total. The number of hydrogen-bond donors (Lipinski definition) is 3. The summed E-state index contributed by atoms with van der Waals surface area (Å²) in [5.41, 5.74) is -0.434. The molecule has 1 unspecified atom stereocenters. The Kier molecular flexibility index (Phi) is 6.03. The minimum atomic E-state index is -0.548. The summed E-state index contributed by atoms with van der Waals surface area (Å²) < 4.78 is 0. The standard InChI is InChI=1S/C11H22N2O3/c1-8(14)7-13-9(15)5-6-12-10(16)11(2,3)4/h8,14H,5-7H2,1-4H3,(H,12,16)(H,13,15). The van der Waals surface area contributed by atoms with Gasteiger partial charge >= 0.3 is 0 Å². The molecule has 0 rings (SSSR count). The second-order valence-electron chi connectivity index (χ2n) is 4.91. The van der Waals surface area contributed by atoms with Crippen LogP contribution in [0.25, 0.3) is 0 Å². The van der Waals surface area contributed by atoms with E-state index >= 15 is 0 Å². The first-order chi connectivity index (χ1) is 7.23. The number of aliphatic hydroxyl groups excluding tert-OH is 1. The van der Waals surface area contributed by atoms with Crippen LogP contribution in [0.3, 0.4) is 0 Å². The van der Waals surface area contributed by atoms with Crippen LogP contribution in [-0.2, 0) is 9.59 Å². The first-order valence-corrected chi connectivity index (χ1v) is 5.46. The van der Waals surface area contributed by atoms with E-state index in [1.807, 2.05) is 20.8 Å². The van der Waals surface area contributed by atoms with Gasteiger partial charge in [-0.25, -0.2) is 0 Å². The van der Waals surface area contributed by atoms with Crippen LogP contribution in [0.2, 0.25) is 0 Å². The summed E-state index contributed by atoms with van der Waals surface area (Å²) in [6.45, 7) is 7.61. The molecule has 0 bridgehead atoms. The predicted octanol–water partition coefficient (Wildman–Crippen LogP) is 0.0358. The second-order valence-corrected chi connectivity index (χ2v) is 4.91. The molecule has 0 fully saturated rings. The Morgan fingerprint density at radius 2 is 1.81 bits per heavy atom. The molecule has 1 atom stereocenters. The van der Waals surface area contributed by atoms with Gasteiger partial charge in [-0.3, -0.25) is 9.59 Å². The molecule has 16 heavy (non-hydrogen) atoms. The molecule has 2 amide bonds. The highest BCUT2D eigenvalue weighted by molar-refractivity contribution is 5.82. The maximum absolute atomic E-state index is 11.4. The third-order valence-electron chi connectivity index (χ3n) is 1.91. The fourth-order valence-electron chi connectivity index (χ4n) is 0.905. The highest BCUT2D eigenvalue weighted by Gasteiger charge is 2.20. The van der Waals surface area contributed by atoms with Crippen LogP contribution in [0, 0.1) is 5.41 Å². The van der Waals surface area contributed by atoms with E-state index in [1.54, 1.807) is 6.92 Å². The molecule has 0 heterocycles. The van der Waals surface area contributed by atoms with Crippen LogP contribution in [0.15, 0.2) is 0 Å². The first-order valence-electron chi connectivity index (χ1n) is 5.46. The molecule has 0 saturated carbocycles. The number of aliphatic hydroxyl groups is 1. The van der Waals surface area contributed by atoms with E-state index < -0.39 is 11.5 Å². The zero-order valence-corrected chi connectivity index (χ0v) is 10.5. The van der Waals surface area contributed by atoms with Crippen molar-refractivity contribution >= 4 is 11.8 Å². The number of carbonyl (C=O) groups is 2. The van der Waals surface area contributed by atoms with Crippen molar-refractivity contribution in [1.29, 1.82) is 0 Å². The van der Waals surface area contributed by atoms with Crippen LogP contribution in [0.1, 0.15) is 34.1 Å². The molecule has 0 aliphatic rings. The molecule has 94 valence electrons. The Hall–Kier alpha value is -1.10. The molecule has 0 aromatic rings. The van der Waals surface area contributed by atoms with Crippen molar-refractivity contribution in [2.24, 2.45) is 5.41 Å². The smallest absolute Gasteiger partial charge is 0.225 e. The van der Waals surface area contributed by atoms with E-state index in [1.165, 1.54) is 0 Å². The van der Waals surface area contributed by atoms with Crippen molar-refractivity contribution in [3.05, 3.63) is 0 Å². The molecule has 0 spiro atoms. The van der Waals surface area contributed by atoms with Gasteiger partial charge in [0.2, 0.25) is 11.8 Å². The quantitative estimate of drug-likeness (QED) is 0.624. The number of carbonyl (C=O) groups excluding carboxylic acids is 2. The topological polar surface area (TPSA) is 78.4 Å². The molecule has 3 N–H and O–H groups in total.